The third kappa shape index (κ3) is 0.887. The Bertz CT molecular complexity index is 327. The second-order valence-electron chi connectivity index (χ2n) is 2.29. The maximum atomic E-state index is 8.55. The van der Waals surface area contributed by atoms with Gasteiger partial charge in [-0.1, -0.05) is 0 Å². The molecule has 0 fully saturated rings. The summed E-state index contributed by atoms with van der Waals surface area (Å²) in [5.74, 6) is 0.823. The maximum absolute atomic E-state index is 8.55. The summed E-state index contributed by atoms with van der Waals surface area (Å²) < 4.78 is 5.18. The molecule has 0 spiro atoms. The van der Waals surface area contributed by atoms with E-state index in [9.17, 15) is 0 Å². The van der Waals surface area contributed by atoms with Gasteiger partial charge < -0.3 is 10.1 Å². The molecule has 3 nitrogen and oxygen atoms in total. The third-order valence-corrected chi connectivity index (χ3v) is 1.60. The van der Waals surface area contributed by atoms with Gasteiger partial charge in [-0.3, -0.25) is 0 Å². The van der Waals surface area contributed by atoms with E-state index in [1.165, 1.54) is 0 Å². The monoisotopic (exact) mass is 146 g/mol. The van der Waals surface area contributed by atoms with Crippen molar-refractivity contribution in [1.82, 2.24) is 0 Å². The van der Waals surface area contributed by atoms with Gasteiger partial charge in [0.2, 0.25) is 0 Å². The molecule has 11 heavy (non-hydrogen) atoms. The molecule has 1 heterocycles. The van der Waals surface area contributed by atoms with E-state index in [2.05, 4.69) is 11.4 Å². The van der Waals surface area contributed by atoms with Crippen molar-refractivity contribution in [2.24, 2.45) is 0 Å². The van der Waals surface area contributed by atoms with Crippen molar-refractivity contribution < 1.29 is 4.74 Å². The predicted octanol–water partition coefficient (Wildman–Crippen LogP) is 1.32. The number of hydrogen-bond acceptors (Lipinski definition) is 3. The van der Waals surface area contributed by atoms with Crippen molar-refractivity contribution >= 4 is 5.69 Å². The summed E-state index contributed by atoms with van der Waals surface area (Å²) in [5.41, 5.74) is 1.56. The van der Waals surface area contributed by atoms with E-state index in [0.29, 0.717) is 12.3 Å². The number of nitrogens with zero attached hydrogens (tertiary/aromatic N) is 1. The highest BCUT2D eigenvalue weighted by Crippen LogP contribution is 2.29. The predicted molar refractivity (Wildman–Crippen MR) is 40.3 cm³/mol. The lowest BCUT2D eigenvalue weighted by atomic mass is 10.2. The number of anilines is 1. The fourth-order valence-electron chi connectivity index (χ4n) is 1.06. The van der Waals surface area contributed by atoms with Crippen molar-refractivity contribution in [3.05, 3.63) is 23.8 Å². The Hall–Kier alpha value is -1.69. The molecule has 0 bridgehead atoms. The van der Waals surface area contributed by atoms with Gasteiger partial charge in [0.25, 0.3) is 0 Å². The fraction of sp³-hybridized carbons (Fsp3) is 0.125. The molecule has 3 heteroatoms. The molecule has 0 aliphatic carbocycles. The molecule has 0 atom stereocenters. The number of benzene rings is 1. The van der Waals surface area contributed by atoms with E-state index < -0.39 is 0 Å². The zero-order chi connectivity index (χ0) is 7.68. The standard InChI is InChI=1S/C8H6N2O/c9-4-6-1-2-8-7(3-6)10-5-11-8/h1-3,10H,5H2. The highest BCUT2D eigenvalue weighted by atomic mass is 16.5. The second-order valence-corrected chi connectivity index (χ2v) is 2.29. The van der Waals surface area contributed by atoms with Gasteiger partial charge in [0.05, 0.1) is 17.3 Å². The topological polar surface area (TPSA) is 45.0 Å². The number of hydrogen-bond donors (Lipinski definition) is 1. The maximum Gasteiger partial charge on any atom is 0.159 e. The highest BCUT2D eigenvalue weighted by molar-refractivity contribution is 5.62. The summed E-state index contributed by atoms with van der Waals surface area (Å²) in [6.45, 7) is 0.504. The van der Waals surface area contributed by atoms with Crippen LogP contribution in [0, 0.1) is 11.3 Å². The minimum Gasteiger partial charge on any atom is -0.471 e. The zero-order valence-electron chi connectivity index (χ0n) is 5.79. The van der Waals surface area contributed by atoms with E-state index in [0.717, 1.165) is 11.4 Å². The minimum absolute atomic E-state index is 0.504. The molecule has 0 radical (unpaired) electrons. The molecular weight excluding hydrogens is 140 g/mol. The highest BCUT2D eigenvalue weighted by Gasteiger charge is 2.09. The van der Waals surface area contributed by atoms with Crippen LogP contribution in [0.2, 0.25) is 0 Å². The van der Waals surface area contributed by atoms with Crippen LogP contribution in [0.3, 0.4) is 0 Å². The molecule has 1 aliphatic rings. The van der Waals surface area contributed by atoms with Crippen molar-refractivity contribution in [1.29, 1.82) is 5.26 Å². The van der Waals surface area contributed by atoms with Crippen LogP contribution in [0.5, 0.6) is 5.75 Å². The first-order valence-corrected chi connectivity index (χ1v) is 3.31. The van der Waals surface area contributed by atoms with E-state index in [1.54, 1.807) is 18.2 Å². The number of nitrogens with one attached hydrogen (secondary N) is 1. The van der Waals surface area contributed by atoms with Crippen LogP contribution in [0.1, 0.15) is 5.56 Å². The van der Waals surface area contributed by atoms with Crippen LogP contribution in [0.15, 0.2) is 18.2 Å². The molecule has 2 rings (SSSR count). The summed E-state index contributed by atoms with van der Waals surface area (Å²) in [6.07, 6.45) is 0. The van der Waals surface area contributed by atoms with Crippen LogP contribution in [-0.4, -0.2) is 6.73 Å². The summed E-state index contributed by atoms with van der Waals surface area (Å²) in [4.78, 5) is 0. The molecular formula is C8H6N2O. The molecule has 1 aromatic rings. The van der Waals surface area contributed by atoms with Crippen molar-refractivity contribution in [3.63, 3.8) is 0 Å². The zero-order valence-corrected chi connectivity index (χ0v) is 5.79. The van der Waals surface area contributed by atoms with Gasteiger partial charge in [-0.15, -0.1) is 0 Å². The SMILES string of the molecule is N#Cc1ccc2c(c1)NCO2. The number of fused-ring (bicyclic) bond motifs is 1. The Kier molecular flexibility index (Phi) is 1.19. The van der Waals surface area contributed by atoms with Crippen LogP contribution in [0.25, 0.3) is 0 Å². The van der Waals surface area contributed by atoms with Crippen molar-refractivity contribution in [2.45, 2.75) is 0 Å². The number of nitriles is 1. The van der Waals surface area contributed by atoms with Gasteiger partial charge in [0.1, 0.15) is 5.75 Å². The normalized spacial score (nSPS) is 12.6. The Labute approximate surface area is 64.2 Å². The van der Waals surface area contributed by atoms with Gasteiger partial charge in [-0.2, -0.15) is 5.26 Å². The Morgan fingerprint density at radius 2 is 2.45 bits per heavy atom. The molecule has 0 aromatic heterocycles. The van der Waals surface area contributed by atoms with E-state index >= 15 is 0 Å². The number of ether oxygens (including phenoxy) is 1. The van der Waals surface area contributed by atoms with Gasteiger partial charge in [0, 0.05) is 0 Å². The lowest BCUT2D eigenvalue weighted by Crippen LogP contribution is -1.96. The van der Waals surface area contributed by atoms with E-state index in [-0.39, 0.29) is 0 Å². The lowest BCUT2D eigenvalue weighted by molar-refractivity contribution is 0.372. The first-order chi connectivity index (χ1) is 5.40. The first kappa shape index (κ1) is 6.05. The quantitative estimate of drug-likeness (QED) is 0.600. The van der Waals surface area contributed by atoms with Gasteiger partial charge in [-0.05, 0) is 18.2 Å². The molecule has 1 N–H and O–H groups in total. The largest absolute Gasteiger partial charge is 0.471 e. The third-order valence-electron chi connectivity index (χ3n) is 1.60. The first-order valence-electron chi connectivity index (χ1n) is 3.31. The average molecular weight is 146 g/mol. The summed E-state index contributed by atoms with van der Waals surface area (Å²) in [6, 6.07) is 7.38. The van der Waals surface area contributed by atoms with Crippen molar-refractivity contribution in [2.75, 3.05) is 12.0 Å². The average Bonchev–Trinajstić information content (AvgIpc) is 2.50. The van der Waals surface area contributed by atoms with Crippen molar-refractivity contribution in [3.8, 4) is 11.8 Å². The second kappa shape index (κ2) is 2.17. The molecule has 0 saturated carbocycles. The van der Waals surface area contributed by atoms with E-state index in [1.807, 2.05) is 0 Å². The summed E-state index contributed by atoms with van der Waals surface area (Å²) in [5, 5.41) is 11.6. The van der Waals surface area contributed by atoms with Crippen LogP contribution < -0.4 is 10.1 Å². The Balaban J connectivity index is 2.51. The van der Waals surface area contributed by atoms with Crippen LogP contribution >= 0.6 is 0 Å². The summed E-state index contributed by atoms with van der Waals surface area (Å²) >= 11 is 0. The fourth-order valence-corrected chi connectivity index (χ4v) is 1.06. The van der Waals surface area contributed by atoms with Gasteiger partial charge >= 0.3 is 0 Å². The molecule has 1 aliphatic heterocycles. The molecule has 1 aromatic carbocycles. The van der Waals surface area contributed by atoms with Crippen LogP contribution in [-0.2, 0) is 0 Å². The van der Waals surface area contributed by atoms with E-state index in [4.69, 9.17) is 10.00 Å². The summed E-state index contributed by atoms with van der Waals surface area (Å²) in [7, 11) is 0. The molecule has 0 saturated heterocycles. The smallest absolute Gasteiger partial charge is 0.159 e. The molecule has 0 unspecified atom stereocenters. The molecule has 54 valence electrons. The minimum atomic E-state index is 0.504. The lowest BCUT2D eigenvalue weighted by Gasteiger charge is -1.94. The van der Waals surface area contributed by atoms with Gasteiger partial charge in [-0.25, -0.2) is 0 Å². The van der Waals surface area contributed by atoms with Gasteiger partial charge in [0.15, 0.2) is 6.73 Å². The van der Waals surface area contributed by atoms with Crippen LogP contribution in [0.4, 0.5) is 5.69 Å². The number of rotatable bonds is 0. The Morgan fingerprint density at radius 3 is 3.27 bits per heavy atom. The molecule has 0 amide bonds. The Morgan fingerprint density at radius 1 is 1.55 bits per heavy atom.